The van der Waals surface area contributed by atoms with E-state index in [9.17, 15) is 4.79 Å². The average molecular weight is 268 g/mol. The second-order valence-corrected chi connectivity index (χ2v) is 4.37. The molecule has 15 heavy (non-hydrogen) atoms. The number of nitriles is 1. The number of amides is 1. The first-order chi connectivity index (χ1) is 7.11. The van der Waals surface area contributed by atoms with Crippen LogP contribution in [0.5, 0.6) is 0 Å². The Labute approximate surface area is 95.1 Å². The summed E-state index contributed by atoms with van der Waals surface area (Å²) in [6.07, 6.45) is -0.969. The van der Waals surface area contributed by atoms with Gasteiger partial charge in [0.2, 0.25) is 6.04 Å². The maximum Gasteiger partial charge on any atom is 0.520 e. The topological polar surface area (TPSA) is 61.1 Å². The van der Waals surface area contributed by atoms with Crippen molar-refractivity contribution in [2.24, 2.45) is 0 Å². The van der Waals surface area contributed by atoms with Gasteiger partial charge in [-0.05, 0) is 12.1 Å². The van der Waals surface area contributed by atoms with E-state index in [1.54, 1.807) is 24.3 Å². The van der Waals surface area contributed by atoms with E-state index in [-0.39, 0.29) is 4.48 Å². The van der Waals surface area contributed by atoms with Gasteiger partial charge in [0, 0.05) is 16.6 Å². The third-order valence-electron chi connectivity index (χ3n) is 2.64. The van der Waals surface area contributed by atoms with E-state index in [0.717, 1.165) is 4.47 Å². The lowest BCUT2D eigenvalue weighted by Gasteiger charge is -2.10. The van der Waals surface area contributed by atoms with Gasteiger partial charge in [-0.3, -0.25) is 0 Å². The van der Waals surface area contributed by atoms with Crippen LogP contribution in [0, 0.1) is 11.3 Å². The summed E-state index contributed by atoms with van der Waals surface area (Å²) < 4.78 is 0.634. The van der Waals surface area contributed by atoms with Gasteiger partial charge in [-0.25, -0.2) is 0 Å². The first kappa shape index (κ1) is 10.1. The van der Waals surface area contributed by atoms with Gasteiger partial charge in [0.25, 0.3) is 0 Å². The molecule has 1 N–H and O–H groups in total. The summed E-state index contributed by atoms with van der Waals surface area (Å²) in [5.41, 5.74) is 0.650. The molecule has 0 aromatic heterocycles. The number of hydrogen-bond donors (Lipinski definition) is 1. The quantitative estimate of drug-likeness (QED) is 0.628. The fourth-order valence-electron chi connectivity index (χ4n) is 1.68. The maximum atomic E-state index is 11.1. The lowest BCUT2D eigenvalue weighted by atomic mass is 10.3. The molecule has 0 bridgehead atoms. The van der Waals surface area contributed by atoms with Crippen LogP contribution in [0.1, 0.15) is 0 Å². The summed E-state index contributed by atoms with van der Waals surface area (Å²) >= 11 is 3.28. The summed E-state index contributed by atoms with van der Waals surface area (Å²) in [5, 5.41) is 17.9. The number of carboxylic acid groups (broad SMARTS) is 1. The molecule has 1 saturated heterocycles. The van der Waals surface area contributed by atoms with Crippen LogP contribution in [-0.2, 0) is 0 Å². The van der Waals surface area contributed by atoms with Gasteiger partial charge >= 0.3 is 6.09 Å². The molecule has 1 heterocycles. The lowest BCUT2D eigenvalue weighted by Crippen LogP contribution is -2.35. The number of quaternary nitrogens is 1. The molecule has 0 saturated carbocycles. The highest BCUT2D eigenvalue weighted by molar-refractivity contribution is 9.10. The first-order valence-electron chi connectivity index (χ1n) is 4.38. The number of benzene rings is 1. The van der Waals surface area contributed by atoms with Crippen molar-refractivity contribution in [2.75, 3.05) is 6.54 Å². The summed E-state index contributed by atoms with van der Waals surface area (Å²) in [5.74, 6) is 0. The van der Waals surface area contributed by atoms with Gasteiger partial charge in [-0.2, -0.15) is 14.5 Å². The number of rotatable bonds is 1. The summed E-state index contributed by atoms with van der Waals surface area (Å²) in [7, 11) is 0. The second-order valence-electron chi connectivity index (χ2n) is 3.46. The molecule has 5 heteroatoms. The van der Waals surface area contributed by atoms with E-state index >= 15 is 0 Å². The van der Waals surface area contributed by atoms with Crippen LogP contribution in [-0.4, -0.2) is 23.8 Å². The van der Waals surface area contributed by atoms with Crippen LogP contribution in [0.3, 0.4) is 0 Å². The third kappa shape index (κ3) is 1.42. The molecule has 1 fully saturated rings. The summed E-state index contributed by atoms with van der Waals surface area (Å²) in [6, 6.07) is 8.58. The Morgan fingerprint density at radius 3 is 2.53 bits per heavy atom. The van der Waals surface area contributed by atoms with Crippen molar-refractivity contribution in [1.82, 2.24) is 4.48 Å². The average Bonchev–Trinajstić information content (AvgIpc) is 2.94. The van der Waals surface area contributed by atoms with Crippen LogP contribution in [0.2, 0.25) is 0 Å². The van der Waals surface area contributed by atoms with E-state index in [1.807, 2.05) is 6.07 Å². The molecule has 2 rings (SSSR count). The van der Waals surface area contributed by atoms with E-state index < -0.39 is 12.1 Å². The Kier molecular flexibility index (Phi) is 2.25. The van der Waals surface area contributed by atoms with Crippen LogP contribution >= 0.6 is 15.9 Å². The van der Waals surface area contributed by atoms with Crippen molar-refractivity contribution in [2.45, 2.75) is 6.04 Å². The second kappa shape index (κ2) is 3.33. The van der Waals surface area contributed by atoms with Gasteiger partial charge in [-0.1, -0.05) is 15.9 Å². The fourth-order valence-corrected chi connectivity index (χ4v) is 1.94. The molecule has 1 aromatic carbocycles. The van der Waals surface area contributed by atoms with Crippen molar-refractivity contribution >= 4 is 27.7 Å². The number of carbonyl (C=O) groups is 1. The molecule has 1 aromatic rings. The Bertz CT molecular complexity index is 451. The highest BCUT2D eigenvalue weighted by atomic mass is 79.9. The van der Waals surface area contributed by atoms with Crippen molar-refractivity contribution in [1.29, 1.82) is 5.26 Å². The van der Waals surface area contributed by atoms with Crippen LogP contribution in [0.15, 0.2) is 28.7 Å². The van der Waals surface area contributed by atoms with E-state index in [1.165, 1.54) is 0 Å². The first-order valence-corrected chi connectivity index (χ1v) is 5.17. The Hall–Kier alpha value is -1.38. The molecule has 1 aliphatic rings. The van der Waals surface area contributed by atoms with Crippen LogP contribution < -0.4 is 4.48 Å². The van der Waals surface area contributed by atoms with E-state index in [4.69, 9.17) is 10.4 Å². The van der Waals surface area contributed by atoms with Crippen LogP contribution in [0.4, 0.5) is 10.5 Å². The maximum absolute atomic E-state index is 11.1. The van der Waals surface area contributed by atoms with Crippen molar-refractivity contribution in [3.8, 4) is 6.07 Å². The van der Waals surface area contributed by atoms with Crippen molar-refractivity contribution in [3.05, 3.63) is 28.7 Å². The zero-order chi connectivity index (χ0) is 11.1. The molecule has 2 unspecified atom stereocenters. The zero-order valence-corrected chi connectivity index (χ0v) is 9.31. The molecule has 1 amide bonds. The Balaban J connectivity index is 2.41. The van der Waals surface area contributed by atoms with Crippen molar-refractivity contribution in [3.63, 3.8) is 0 Å². The smallest absolute Gasteiger partial charge is 0.435 e. The highest BCUT2D eigenvalue weighted by Crippen LogP contribution is 2.39. The molecule has 76 valence electrons. The molecule has 0 radical (unpaired) electrons. The molecular formula is C10H8BrN2O2+. The third-order valence-corrected chi connectivity index (χ3v) is 3.17. The van der Waals surface area contributed by atoms with E-state index in [2.05, 4.69) is 15.9 Å². The predicted molar refractivity (Wildman–Crippen MR) is 58.2 cm³/mol. The van der Waals surface area contributed by atoms with Crippen molar-refractivity contribution < 1.29 is 9.90 Å². The lowest BCUT2D eigenvalue weighted by molar-refractivity contribution is 0.178. The van der Waals surface area contributed by atoms with Gasteiger partial charge in [-0.15, -0.1) is 0 Å². The summed E-state index contributed by atoms with van der Waals surface area (Å²) in [6.45, 7) is 0.355. The standard InChI is InChI=1S/C10H7BrN2O2/c11-7-1-3-8(4-2-7)13(10(14)15)6-9(13)5-12/h1-4,9H,6H2/p+1. The largest absolute Gasteiger partial charge is 0.520 e. The number of halogens is 1. The monoisotopic (exact) mass is 267 g/mol. The van der Waals surface area contributed by atoms with E-state index in [0.29, 0.717) is 12.2 Å². The highest BCUT2D eigenvalue weighted by Gasteiger charge is 2.64. The van der Waals surface area contributed by atoms with Crippen LogP contribution in [0.25, 0.3) is 0 Å². The minimum absolute atomic E-state index is 0.260. The Morgan fingerprint density at radius 2 is 2.13 bits per heavy atom. The Morgan fingerprint density at radius 1 is 1.53 bits per heavy atom. The minimum atomic E-state index is -0.969. The predicted octanol–water partition coefficient (Wildman–Crippen LogP) is 2.34. The SMILES string of the molecule is N#CC1C[N+]1(C(=O)O)c1ccc(Br)cc1. The van der Waals surface area contributed by atoms with Gasteiger partial charge in [0.1, 0.15) is 11.8 Å². The summed E-state index contributed by atoms with van der Waals surface area (Å²) in [4.78, 5) is 11.1. The number of nitrogens with zero attached hydrogens (tertiary/aromatic N) is 2. The molecule has 0 aliphatic carbocycles. The zero-order valence-electron chi connectivity index (χ0n) is 7.72. The molecule has 2 atom stereocenters. The number of hydrogen-bond acceptors (Lipinski definition) is 2. The van der Waals surface area contributed by atoms with Gasteiger partial charge < -0.3 is 5.11 Å². The normalized spacial score (nSPS) is 28.1. The van der Waals surface area contributed by atoms with Gasteiger partial charge in [0.15, 0.2) is 6.54 Å². The molecule has 0 spiro atoms. The fraction of sp³-hybridized carbons (Fsp3) is 0.200. The minimum Gasteiger partial charge on any atom is -0.435 e. The molecule has 1 aliphatic heterocycles. The molecule has 4 nitrogen and oxygen atoms in total. The molecular weight excluding hydrogens is 260 g/mol. The van der Waals surface area contributed by atoms with Gasteiger partial charge in [0.05, 0.1) is 0 Å².